The number of hydrogen-bond acceptors (Lipinski definition) is 4. The predicted molar refractivity (Wildman–Crippen MR) is 72.2 cm³/mol. The number of benzene rings is 1. The van der Waals surface area contributed by atoms with Crippen molar-refractivity contribution in [2.45, 2.75) is 25.2 Å². The van der Waals surface area contributed by atoms with Gasteiger partial charge in [0, 0.05) is 19.8 Å². The molecule has 5 nitrogen and oxygen atoms in total. The lowest BCUT2D eigenvalue weighted by Crippen LogP contribution is -2.25. The molecule has 1 rings (SSSR count). The third kappa shape index (κ3) is 4.63. The normalized spacial score (nSPS) is 11.2. The molecule has 0 aliphatic carbocycles. The van der Waals surface area contributed by atoms with Crippen LogP contribution in [0.5, 0.6) is 0 Å². The van der Waals surface area contributed by atoms with Crippen LogP contribution in [0.1, 0.15) is 24.5 Å². The Morgan fingerprint density at radius 2 is 2.16 bits per heavy atom. The summed E-state index contributed by atoms with van der Waals surface area (Å²) in [5.74, 6) is 0. The van der Waals surface area contributed by atoms with Gasteiger partial charge in [-0.1, -0.05) is 0 Å². The van der Waals surface area contributed by atoms with Crippen molar-refractivity contribution in [3.8, 4) is 6.07 Å². The predicted octanol–water partition coefficient (Wildman–Crippen LogP) is 1.57. The fourth-order valence-electron chi connectivity index (χ4n) is 1.54. The van der Waals surface area contributed by atoms with Gasteiger partial charge in [0.05, 0.1) is 16.5 Å². The summed E-state index contributed by atoms with van der Waals surface area (Å²) in [6.45, 7) is 5.10. The van der Waals surface area contributed by atoms with Crippen molar-refractivity contribution >= 4 is 10.0 Å². The van der Waals surface area contributed by atoms with E-state index in [0.29, 0.717) is 37.3 Å². The molecule has 0 aliphatic heterocycles. The monoisotopic (exact) mass is 282 g/mol. The van der Waals surface area contributed by atoms with Crippen LogP contribution in [0.3, 0.4) is 0 Å². The van der Waals surface area contributed by atoms with Crippen molar-refractivity contribution in [3.63, 3.8) is 0 Å². The van der Waals surface area contributed by atoms with Gasteiger partial charge in [0.1, 0.15) is 0 Å². The molecule has 19 heavy (non-hydrogen) atoms. The molecule has 1 aromatic rings. The molecule has 0 saturated heterocycles. The van der Waals surface area contributed by atoms with Crippen LogP contribution in [0.2, 0.25) is 0 Å². The molecule has 0 heterocycles. The summed E-state index contributed by atoms with van der Waals surface area (Å²) in [4.78, 5) is 0.181. The maximum absolute atomic E-state index is 12.0. The van der Waals surface area contributed by atoms with E-state index in [4.69, 9.17) is 10.00 Å². The van der Waals surface area contributed by atoms with E-state index in [1.54, 1.807) is 6.92 Å². The summed E-state index contributed by atoms with van der Waals surface area (Å²) in [5, 5.41) is 8.81. The molecule has 1 N–H and O–H groups in total. The number of sulfonamides is 1. The zero-order chi connectivity index (χ0) is 14.3. The van der Waals surface area contributed by atoms with Crippen LogP contribution in [0, 0.1) is 18.3 Å². The smallest absolute Gasteiger partial charge is 0.240 e. The van der Waals surface area contributed by atoms with Gasteiger partial charge in [-0.3, -0.25) is 0 Å². The van der Waals surface area contributed by atoms with Gasteiger partial charge in [-0.2, -0.15) is 5.26 Å². The second-order valence-electron chi connectivity index (χ2n) is 4.04. The number of ether oxygens (including phenoxy) is 1. The summed E-state index contributed by atoms with van der Waals surface area (Å²) >= 11 is 0. The Bertz CT molecular complexity index is 562. The van der Waals surface area contributed by atoms with E-state index in [9.17, 15) is 8.42 Å². The highest BCUT2D eigenvalue weighted by Crippen LogP contribution is 2.14. The number of nitrogens with zero attached hydrogens (tertiary/aromatic N) is 1. The van der Waals surface area contributed by atoms with Crippen molar-refractivity contribution in [1.82, 2.24) is 4.72 Å². The van der Waals surface area contributed by atoms with E-state index in [2.05, 4.69) is 4.72 Å². The number of aryl methyl sites for hydroxylation is 1. The molecule has 0 aliphatic rings. The van der Waals surface area contributed by atoms with E-state index >= 15 is 0 Å². The van der Waals surface area contributed by atoms with Crippen molar-refractivity contribution < 1.29 is 13.2 Å². The van der Waals surface area contributed by atoms with Crippen LogP contribution in [0.25, 0.3) is 0 Å². The first-order chi connectivity index (χ1) is 9.01. The molecule has 0 aromatic heterocycles. The molecule has 1 aromatic carbocycles. The van der Waals surface area contributed by atoms with Gasteiger partial charge in [0.15, 0.2) is 0 Å². The van der Waals surface area contributed by atoms with Crippen LogP contribution < -0.4 is 4.72 Å². The van der Waals surface area contributed by atoms with Gasteiger partial charge in [-0.15, -0.1) is 0 Å². The Morgan fingerprint density at radius 3 is 2.74 bits per heavy atom. The second kappa shape index (κ2) is 7.24. The minimum atomic E-state index is -3.51. The molecular weight excluding hydrogens is 264 g/mol. The summed E-state index contributed by atoms with van der Waals surface area (Å²) in [7, 11) is -3.51. The molecule has 0 bridgehead atoms. The highest BCUT2D eigenvalue weighted by atomic mass is 32.2. The number of rotatable bonds is 7. The Morgan fingerprint density at radius 1 is 1.42 bits per heavy atom. The summed E-state index contributed by atoms with van der Waals surface area (Å²) in [6.07, 6.45) is 0.627. The van der Waals surface area contributed by atoms with E-state index in [-0.39, 0.29) is 4.90 Å². The molecule has 0 saturated carbocycles. The largest absolute Gasteiger partial charge is 0.382 e. The van der Waals surface area contributed by atoms with Gasteiger partial charge in [-0.05, 0) is 44.0 Å². The Labute approximate surface area is 114 Å². The fraction of sp³-hybridized carbons (Fsp3) is 0.462. The molecule has 0 atom stereocenters. The number of nitrogens with one attached hydrogen (secondary N) is 1. The minimum Gasteiger partial charge on any atom is -0.382 e. The molecule has 0 radical (unpaired) electrons. The van der Waals surface area contributed by atoms with E-state index in [1.807, 2.05) is 13.0 Å². The third-order valence-corrected chi connectivity index (χ3v) is 4.05. The van der Waals surface area contributed by atoms with Gasteiger partial charge in [0.25, 0.3) is 0 Å². The van der Waals surface area contributed by atoms with Gasteiger partial charge in [-0.25, -0.2) is 13.1 Å². The number of hydrogen-bond donors (Lipinski definition) is 1. The lowest BCUT2D eigenvalue weighted by atomic mass is 10.1. The summed E-state index contributed by atoms with van der Waals surface area (Å²) < 4.78 is 31.6. The highest BCUT2D eigenvalue weighted by molar-refractivity contribution is 7.89. The quantitative estimate of drug-likeness (QED) is 0.770. The van der Waals surface area contributed by atoms with E-state index < -0.39 is 10.0 Å². The SMILES string of the molecule is CCOCCCNS(=O)(=O)c1ccc(C#N)c(C)c1. The Balaban J connectivity index is 2.68. The lowest BCUT2D eigenvalue weighted by molar-refractivity contribution is 0.146. The van der Waals surface area contributed by atoms with Gasteiger partial charge < -0.3 is 4.74 Å². The first-order valence-electron chi connectivity index (χ1n) is 6.09. The Hall–Kier alpha value is -1.42. The number of nitriles is 1. The molecule has 0 unspecified atom stereocenters. The molecule has 0 spiro atoms. The average Bonchev–Trinajstić information content (AvgIpc) is 2.38. The van der Waals surface area contributed by atoms with Crippen molar-refractivity contribution in [3.05, 3.63) is 29.3 Å². The van der Waals surface area contributed by atoms with Gasteiger partial charge >= 0.3 is 0 Å². The highest BCUT2D eigenvalue weighted by Gasteiger charge is 2.14. The fourth-order valence-corrected chi connectivity index (χ4v) is 2.70. The molecule has 0 amide bonds. The van der Waals surface area contributed by atoms with E-state index in [0.717, 1.165) is 0 Å². The van der Waals surface area contributed by atoms with Crippen LogP contribution in [-0.4, -0.2) is 28.2 Å². The van der Waals surface area contributed by atoms with Crippen LogP contribution in [0.15, 0.2) is 23.1 Å². The molecule has 6 heteroatoms. The molecule has 104 valence electrons. The standard InChI is InChI=1S/C13H18N2O3S/c1-3-18-8-4-7-15-19(16,17)13-6-5-12(10-14)11(2)9-13/h5-6,9,15H,3-4,7-8H2,1-2H3. The van der Waals surface area contributed by atoms with Crippen LogP contribution >= 0.6 is 0 Å². The first kappa shape index (κ1) is 15.6. The maximum Gasteiger partial charge on any atom is 0.240 e. The maximum atomic E-state index is 12.0. The Kier molecular flexibility index (Phi) is 5.96. The zero-order valence-electron chi connectivity index (χ0n) is 11.1. The van der Waals surface area contributed by atoms with Gasteiger partial charge in [0.2, 0.25) is 10.0 Å². The van der Waals surface area contributed by atoms with E-state index in [1.165, 1.54) is 18.2 Å². The van der Waals surface area contributed by atoms with Crippen LogP contribution in [-0.2, 0) is 14.8 Å². The zero-order valence-corrected chi connectivity index (χ0v) is 12.0. The summed E-state index contributed by atoms with van der Waals surface area (Å²) in [6, 6.07) is 6.47. The summed E-state index contributed by atoms with van der Waals surface area (Å²) in [5.41, 5.74) is 1.13. The second-order valence-corrected chi connectivity index (χ2v) is 5.80. The third-order valence-electron chi connectivity index (χ3n) is 2.59. The van der Waals surface area contributed by atoms with Crippen molar-refractivity contribution in [2.75, 3.05) is 19.8 Å². The topological polar surface area (TPSA) is 79.2 Å². The average molecular weight is 282 g/mol. The van der Waals surface area contributed by atoms with Crippen molar-refractivity contribution in [1.29, 1.82) is 5.26 Å². The molecular formula is C13H18N2O3S. The minimum absolute atomic E-state index is 0.181. The molecule has 0 fully saturated rings. The lowest BCUT2D eigenvalue weighted by Gasteiger charge is -2.08. The van der Waals surface area contributed by atoms with Crippen LogP contribution in [0.4, 0.5) is 0 Å². The first-order valence-corrected chi connectivity index (χ1v) is 7.57. The van der Waals surface area contributed by atoms with Crippen molar-refractivity contribution in [2.24, 2.45) is 0 Å².